The van der Waals surface area contributed by atoms with Crippen LogP contribution in [0.25, 0.3) is 0 Å². The minimum absolute atomic E-state index is 0.0274. The lowest BCUT2D eigenvalue weighted by Gasteiger charge is -2.23. The lowest BCUT2D eigenvalue weighted by Crippen LogP contribution is -2.31. The number of nitrogens with zero attached hydrogens (tertiary/aromatic N) is 2. The first kappa shape index (κ1) is 18.4. The van der Waals surface area contributed by atoms with Crippen molar-refractivity contribution in [2.24, 2.45) is 13.0 Å². The lowest BCUT2D eigenvalue weighted by atomic mass is 9.86. The van der Waals surface area contributed by atoms with Crippen molar-refractivity contribution in [3.63, 3.8) is 0 Å². The Morgan fingerprint density at radius 3 is 2.77 bits per heavy atom. The van der Waals surface area contributed by atoms with Crippen LogP contribution in [0.2, 0.25) is 5.02 Å². The second-order valence-electron chi connectivity index (χ2n) is 6.20. The number of carbonyl (C=O) groups is 1. The largest absolute Gasteiger partial charge is 0.417 e. The van der Waals surface area contributed by atoms with Gasteiger partial charge in [-0.3, -0.25) is 9.59 Å². The quantitative estimate of drug-likeness (QED) is 0.863. The smallest absolute Gasteiger partial charge is 0.326 e. The fourth-order valence-electron chi connectivity index (χ4n) is 2.97. The number of hydrogen-bond acceptors (Lipinski definition) is 3. The molecule has 0 bridgehead atoms. The molecule has 0 saturated heterocycles. The highest BCUT2D eigenvalue weighted by molar-refractivity contribution is 6.31. The molecule has 1 atom stereocenters. The zero-order valence-corrected chi connectivity index (χ0v) is 14.5. The number of fused-ring (bicyclic) bond motifs is 1. The van der Waals surface area contributed by atoms with Crippen LogP contribution < -0.4 is 10.9 Å². The average Bonchev–Trinajstić information content (AvgIpc) is 2.56. The minimum atomic E-state index is -4.60. The lowest BCUT2D eigenvalue weighted by molar-refractivity contribution is -0.137. The van der Waals surface area contributed by atoms with Gasteiger partial charge in [-0.1, -0.05) is 11.6 Å². The molecule has 1 aliphatic carbocycles. The molecule has 26 heavy (non-hydrogen) atoms. The van der Waals surface area contributed by atoms with Crippen molar-refractivity contribution in [2.45, 2.75) is 25.4 Å². The molecule has 1 amide bonds. The maximum Gasteiger partial charge on any atom is 0.417 e. The van der Waals surface area contributed by atoms with E-state index in [-0.39, 0.29) is 11.2 Å². The average molecular weight is 386 g/mol. The number of nitrogens with one attached hydrogen (secondary N) is 1. The Morgan fingerprint density at radius 2 is 2.08 bits per heavy atom. The van der Waals surface area contributed by atoms with Gasteiger partial charge >= 0.3 is 6.18 Å². The molecule has 2 aromatic rings. The molecule has 0 aliphatic heterocycles. The van der Waals surface area contributed by atoms with E-state index in [0.717, 1.165) is 17.8 Å². The summed E-state index contributed by atoms with van der Waals surface area (Å²) in [6, 6.07) is 4.69. The number of aromatic nitrogens is 2. The van der Waals surface area contributed by atoms with E-state index in [1.54, 1.807) is 7.05 Å². The van der Waals surface area contributed by atoms with Gasteiger partial charge in [-0.2, -0.15) is 18.3 Å². The van der Waals surface area contributed by atoms with E-state index < -0.39 is 28.6 Å². The minimum Gasteiger partial charge on any atom is -0.326 e. The number of carbonyl (C=O) groups excluding carboxylic acids is 1. The highest BCUT2D eigenvalue weighted by atomic mass is 35.5. The van der Waals surface area contributed by atoms with Gasteiger partial charge in [-0.05, 0) is 43.0 Å². The van der Waals surface area contributed by atoms with Gasteiger partial charge in [0.2, 0.25) is 5.91 Å². The Balaban J connectivity index is 1.77. The fourth-order valence-corrected chi connectivity index (χ4v) is 3.20. The van der Waals surface area contributed by atoms with Crippen LogP contribution >= 0.6 is 11.6 Å². The Morgan fingerprint density at radius 1 is 1.35 bits per heavy atom. The SMILES string of the molecule is Cn1nc2c(cc1=O)C[C@H](C(=O)Nc1ccc(Cl)c(C(F)(F)F)c1)CC2. The molecule has 3 rings (SSSR count). The van der Waals surface area contributed by atoms with Crippen molar-refractivity contribution < 1.29 is 18.0 Å². The van der Waals surface area contributed by atoms with Crippen molar-refractivity contribution in [3.05, 3.63) is 56.5 Å². The predicted octanol–water partition coefficient (Wildman–Crippen LogP) is 3.20. The van der Waals surface area contributed by atoms with E-state index in [0.29, 0.717) is 24.8 Å². The number of benzene rings is 1. The second-order valence-corrected chi connectivity index (χ2v) is 6.61. The van der Waals surface area contributed by atoms with Gasteiger partial charge < -0.3 is 5.32 Å². The zero-order valence-electron chi connectivity index (χ0n) is 13.7. The first-order chi connectivity index (χ1) is 12.1. The van der Waals surface area contributed by atoms with Crippen LogP contribution in [0.1, 0.15) is 23.2 Å². The molecule has 9 heteroatoms. The summed E-state index contributed by atoms with van der Waals surface area (Å²) in [4.78, 5) is 24.1. The summed E-state index contributed by atoms with van der Waals surface area (Å²) in [5.74, 6) is -0.840. The highest BCUT2D eigenvalue weighted by Gasteiger charge is 2.34. The van der Waals surface area contributed by atoms with E-state index >= 15 is 0 Å². The summed E-state index contributed by atoms with van der Waals surface area (Å²) in [6.45, 7) is 0. The van der Waals surface area contributed by atoms with Crippen LogP contribution in [0.5, 0.6) is 0 Å². The van der Waals surface area contributed by atoms with Crippen molar-refractivity contribution >= 4 is 23.2 Å². The predicted molar refractivity (Wildman–Crippen MR) is 90.1 cm³/mol. The normalized spacial score (nSPS) is 16.9. The summed E-state index contributed by atoms with van der Waals surface area (Å²) >= 11 is 5.58. The number of aryl methyl sites for hydroxylation is 2. The molecular formula is C17H15ClF3N3O2. The van der Waals surface area contributed by atoms with E-state index in [1.807, 2.05) is 0 Å². The van der Waals surface area contributed by atoms with Gasteiger partial charge in [0.05, 0.1) is 16.3 Å². The number of alkyl halides is 3. The molecular weight excluding hydrogens is 371 g/mol. The van der Waals surface area contributed by atoms with Gasteiger partial charge in [0.1, 0.15) is 0 Å². The molecule has 1 aromatic carbocycles. The van der Waals surface area contributed by atoms with Crippen LogP contribution in [0.4, 0.5) is 18.9 Å². The Hall–Kier alpha value is -2.35. The van der Waals surface area contributed by atoms with Gasteiger partial charge in [-0.25, -0.2) is 4.68 Å². The van der Waals surface area contributed by atoms with Crippen LogP contribution in [0, 0.1) is 5.92 Å². The summed E-state index contributed by atoms with van der Waals surface area (Å²) in [5, 5.41) is 6.25. The molecule has 1 heterocycles. The van der Waals surface area contributed by atoms with Crippen molar-refractivity contribution in [2.75, 3.05) is 5.32 Å². The van der Waals surface area contributed by atoms with Crippen LogP contribution in [-0.2, 0) is 30.9 Å². The Bertz CT molecular complexity index is 924. The number of amides is 1. The molecule has 1 N–H and O–H groups in total. The second kappa shape index (κ2) is 6.75. The number of hydrogen-bond donors (Lipinski definition) is 1. The molecule has 5 nitrogen and oxygen atoms in total. The molecule has 0 radical (unpaired) electrons. The van der Waals surface area contributed by atoms with Crippen molar-refractivity contribution in [1.82, 2.24) is 9.78 Å². The van der Waals surface area contributed by atoms with Crippen LogP contribution in [0.3, 0.4) is 0 Å². The summed E-state index contributed by atoms with van der Waals surface area (Å²) in [6.07, 6.45) is -3.25. The first-order valence-electron chi connectivity index (χ1n) is 7.89. The Kier molecular flexibility index (Phi) is 4.79. The summed E-state index contributed by atoms with van der Waals surface area (Å²) in [5.41, 5.74) is 0.226. The van der Waals surface area contributed by atoms with Gasteiger partial charge in [0, 0.05) is 24.7 Å². The zero-order chi connectivity index (χ0) is 19.1. The molecule has 1 aromatic heterocycles. The highest BCUT2D eigenvalue weighted by Crippen LogP contribution is 2.36. The van der Waals surface area contributed by atoms with Crippen LogP contribution in [-0.4, -0.2) is 15.7 Å². The number of anilines is 1. The molecule has 0 unspecified atom stereocenters. The van der Waals surface area contributed by atoms with E-state index in [2.05, 4.69) is 10.4 Å². The third-order valence-electron chi connectivity index (χ3n) is 4.36. The number of halogens is 4. The van der Waals surface area contributed by atoms with Crippen molar-refractivity contribution in [3.8, 4) is 0 Å². The Labute approximate surface area is 151 Å². The standard InChI is InChI=1S/C17H15ClF3N3O2/c1-24-15(25)7-10-6-9(2-5-14(10)23-24)16(26)22-11-3-4-13(18)12(8-11)17(19,20)21/h3-4,7-9H,2,5-6H2,1H3,(H,22,26)/t9-/m1/s1. The van der Waals surface area contributed by atoms with E-state index in [1.165, 1.54) is 16.8 Å². The summed E-state index contributed by atoms with van der Waals surface area (Å²) in [7, 11) is 1.56. The molecule has 0 saturated carbocycles. The third kappa shape index (κ3) is 3.75. The van der Waals surface area contributed by atoms with E-state index in [4.69, 9.17) is 11.6 Å². The molecule has 1 aliphatic rings. The van der Waals surface area contributed by atoms with E-state index in [9.17, 15) is 22.8 Å². The van der Waals surface area contributed by atoms with Gasteiger partial charge in [0.15, 0.2) is 0 Å². The van der Waals surface area contributed by atoms with Crippen molar-refractivity contribution in [1.29, 1.82) is 0 Å². The topological polar surface area (TPSA) is 64.0 Å². The molecule has 0 fully saturated rings. The third-order valence-corrected chi connectivity index (χ3v) is 4.69. The monoisotopic (exact) mass is 385 g/mol. The molecule has 138 valence electrons. The number of rotatable bonds is 2. The van der Waals surface area contributed by atoms with Gasteiger partial charge in [-0.15, -0.1) is 0 Å². The van der Waals surface area contributed by atoms with Gasteiger partial charge in [0.25, 0.3) is 5.56 Å². The maximum absolute atomic E-state index is 12.9. The maximum atomic E-state index is 12.9. The van der Waals surface area contributed by atoms with Crippen LogP contribution in [0.15, 0.2) is 29.1 Å². The fraction of sp³-hybridized carbons (Fsp3) is 0.353. The first-order valence-corrected chi connectivity index (χ1v) is 8.26. The molecule has 0 spiro atoms. The summed E-state index contributed by atoms with van der Waals surface area (Å²) < 4.78 is 40.0.